The molecule has 2 rings (SSSR count). The van der Waals surface area contributed by atoms with Crippen LogP contribution >= 0.6 is 0 Å². The van der Waals surface area contributed by atoms with Gasteiger partial charge in [-0.25, -0.2) is 4.68 Å². The molecule has 1 aromatic heterocycles. The topological polar surface area (TPSA) is 60.2 Å². The van der Waals surface area contributed by atoms with E-state index in [1.54, 1.807) is 17.8 Å². The van der Waals surface area contributed by atoms with Crippen LogP contribution in [0, 0.1) is 0 Å². The largest absolute Gasteiger partial charge is 0.494 e. The van der Waals surface area contributed by atoms with Gasteiger partial charge in [-0.1, -0.05) is 11.3 Å². The molecule has 5 nitrogen and oxygen atoms in total. The van der Waals surface area contributed by atoms with Crippen LogP contribution in [0.3, 0.4) is 0 Å². The number of aromatic nitrogens is 3. The van der Waals surface area contributed by atoms with E-state index in [2.05, 4.69) is 10.3 Å². The van der Waals surface area contributed by atoms with Crippen LogP contribution in [-0.2, 0) is 0 Å². The Bertz CT molecular complexity index is 494. The van der Waals surface area contributed by atoms with Crippen molar-refractivity contribution < 1.29 is 9.84 Å². The van der Waals surface area contributed by atoms with Gasteiger partial charge < -0.3 is 9.84 Å². The third kappa shape index (κ3) is 2.62. The lowest BCUT2D eigenvalue weighted by molar-refractivity contribution is 0.194. The zero-order valence-corrected chi connectivity index (χ0v) is 9.87. The number of aliphatic hydroxyl groups is 1. The van der Waals surface area contributed by atoms with Gasteiger partial charge in [0.15, 0.2) is 0 Å². The SMILES string of the molecule is CCOc1cccc(-n2cc(C(C)O)nn2)c1. The second-order valence-corrected chi connectivity index (χ2v) is 3.69. The van der Waals surface area contributed by atoms with Crippen LogP contribution in [0.2, 0.25) is 0 Å². The fraction of sp³-hybridized carbons (Fsp3) is 0.333. The first kappa shape index (κ1) is 11.6. The molecule has 0 radical (unpaired) electrons. The minimum atomic E-state index is -0.612. The van der Waals surface area contributed by atoms with E-state index in [0.29, 0.717) is 12.3 Å². The molecular weight excluding hydrogens is 218 g/mol. The first-order valence-electron chi connectivity index (χ1n) is 5.54. The summed E-state index contributed by atoms with van der Waals surface area (Å²) in [5.74, 6) is 0.791. The summed E-state index contributed by atoms with van der Waals surface area (Å²) in [4.78, 5) is 0. The zero-order chi connectivity index (χ0) is 12.3. The Balaban J connectivity index is 2.28. The van der Waals surface area contributed by atoms with E-state index in [9.17, 15) is 5.11 Å². The number of ether oxygens (including phenoxy) is 1. The van der Waals surface area contributed by atoms with Gasteiger partial charge in [-0.05, 0) is 26.0 Å². The summed E-state index contributed by atoms with van der Waals surface area (Å²) < 4.78 is 7.03. The maximum Gasteiger partial charge on any atom is 0.121 e. The summed E-state index contributed by atoms with van der Waals surface area (Å²) in [5.41, 5.74) is 1.40. The highest BCUT2D eigenvalue weighted by atomic mass is 16.5. The lowest BCUT2D eigenvalue weighted by atomic mass is 10.3. The molecule has 5 heteroatoms. The number of rotatable bonds is 4. The lowest BCUT2D eigenvalue weighted by Gasteiger charge is -2.05. The van der Waals surface area contributed by atoms with E-state index >= 15 is 0 Å². The van der Waals surface area contributed by atoms with E-state index in [0.717, 1.165) is 11.4 Å². The molecule has 0 bridgehead atoms. The molecule has 0 spiro atoms. The molecule has 0 saturated heterocycles. The first-order valence-corrected chi connectivity index (χ1v) is 5.54. The number of hydrogen-bond acceptors (Lipinski definition) is 4. The molecule has 0 fully saturated rings. The van der Waals surface area contributed by atoms with E-state index in [1.807, 2.05) is 31.2 Å². The van der Waals surface area contributed by atoms with Crippen LogP contribution < -0.4 is 4.74 Å². The fourth-order valence-corrected chi connectivity index (χ4v) is 1.48. The van der Waals surface area contributed by atoms with Gasteiger partial charge in [0.1, 0.15) is 11.4 Å². The van der Waals surface area contributed by atoms with Crippen LogP contribution in [0.5, 0.6) is 5.75 Å². The molecule has 1 atom stereocenters. The molecule has 1 heterocycles. The van der Waals surface area contributed by atoms with E-state index in [1.165, 1.54) is 0 Å². The number of benzene rings is 1. The van der Waals surface area contributed by atoms with Crippen LogP contribution in [0.15, 0.2) is 30.5 Å². The predicted octanol–water partition coefficient (Wildman–Crippen LogP) is 1.72. The summed E-state index contributed by atoms with van der Waals surface area (Å²) in [6, 6.07) is 7.57. The van der Waals surface area contributed by atoms with Gasteiger partial charge in [-0.15, -0.1) is 5.10 Å². The molecule has 1 N–H and O–H groups in total. The maximum absolute atomic E-state index is 9.38. The molecule has 1 aromatic carbocycles. The highest BCUT2D eigenvalue weighted by molar-refractivity contribution is 5.38. The van der Waals surface area contributed by atoms with Crippen molar-refractivity contribution in [3.8, 4) is 11.4 Å². The van der Waals surface area contributed by atoms with Crippen LogP contribution in [0.25, 0.3) is 5.69 Å². The average molecular weight is 233 g/mol. The zero-order valence-electron chi connectivity index (χ0n) is 9.87. The third-order valence-corrected chi connectivity index (χ3v) is 2.33. The van der Waals surface area contributed by atoms with Gasteiger partial charge in [0, 0.05) is 6.07 Å². The number of nitrogens with zero attached hydrogens (tertiary/aromatic N) is 3. The van der Waals surface area contributed by atoms with Crippen molar-refractivity contribution in [2.75, 3.05) is 6.61 Å². The standard InChI is InChI=1S/C12H15N3O2/c1-3-17-11-6-4-5-10(7-11)15-8-12(9(2)16)13-14-15/h4-9,16H,3H2,1-2H3. The van der Waals surface area contributed by atoms with Crippen molar-refractivity contribution in [2.45, 2.75) is 20.0 Å². The average Bonchev–Trinajstić information content (AvgIpc) is 2.79. The van der Waals surface area contributed by atoms with Gasteiger partial charge in [0.05, 0.1) is 24.6 Å². The van der Waals surface area contributed by atoms with Crippen molar-refractivity contribution in [1.82, 2.24) is 15.0 Å². The summed E-state index contributed by atoms with van der Waals surface area (Å²) in [6.45, 7) is 4.22. The van der Waals surface area contributed by atoms with Gasteiger partial charge in [0.25, 0.3) is 0 Å². The van der Waals surface area contributed by atoms with Crippen LogP contribution in [0.1, 0.15) is 25.6 Å². The van der Waals surface area contributed by atoms with Crippen LogP contribution in [0.4, 0.5) is 0 Å². The highest BCUT2D eigenvalue weighted by Gasteiger charge is 2.07. The molecule has 2 aromatic rings. The van der Waals surface area contributed by atoms with Crippen LogP contribution in [-0.4, -0.2) is 26.7 Å². The smallest absolute Gasteiger partial charge is 0.121 e. The molecule has 0 saturated carbocycles. The molecular formula is C12H15N3O2. The molecule has 0 amide bonds. The van der Waals surface area contributed by atoms with Gasteiger partial charge >= 0.3 is 0 Å². The summed E-state index contributed by atoms with van der Waals surface area (Å²) in [6.07, 6.45) is 1.09. The monoisotopic (exact) mass is 233 g/mol. The Morgan fingerprint density at radius 3 is 2.94 bits per heavy atom. The Hall–Kier alpha value is -1.88. The second kappa shape index (κ2) is 4.97. The van der Waals surface area contributed by atoms with Gasteiger partial charge in [-0.2, -0.15) is 0 Å². The third-order valence-electron chi connectivity index (χ3n) is 2.33. The molecule has 17 heavy (non-hydrogen) atoms. The summed E-state index contributed by atoms with van der Waals surface area (Å²) in [7, 11) is 0. The minimum absolute atomic E-state index is 0.548. The second-order valence-electron chi connectivity index (χ2n) is 3.69. The number of aliphatic hydroxyl groups excluding tert-OH is 1. The van der Waals surface area contributed by atoms with Gasteiger partial charge in [-0.3, -0.25) is 0 Å². The molecule has 0 aliphatic carbocycles. The molecule has 0 aliphatic rings. The Kier molecular flexibility index (Phi) is 3.39. The van der Waals surface area contributed by atoms with Crippen molar-refractivity contribution >= 4 is 0 Å². The Morgan fingerprint density at radius 2 is 2.29 bits per heavy atom. The minimum Gasteiger partial charge on any atom is -0.494 e. The summed E-state index contributed by atoms with van der Waals surface area (Å²) >= 11 is 0. The molecule has 1 unspecified atom stereocenters. The molecule has 90 valence electrons. The Labute approximate surface area is 99.7 Å². The van der Waals surface area contributed by atoms with E-state index in [4.69, 9.17) is 4.74 Å². The Morgan fingerprint density at radius 1 is 1.47 bits per heavy atom. The van der Waals surface area contributed by atoms with Crippen molar-refractivity contribution in [2.24, 2.45) is 0 Å². The van der Waals surface area contributed by atoms with Crippen molar-refractivity contribution in [3.05, 3.63) is 36.2 Å². The first-order chi connectivity index (χ1) is 8.20. The van der Waals surface area contributed by atoms with Gasteiger partial charge in [0.2, 0.25) is 0 Å². The lowest BCUT2D eigenvalue weighted by Crippen LogP contribution is -1.97. The number of hydrogen-bond donors (Lipinski definition) is 1. The fourth-order valence-electron chi connectivity index (χ4n) is 1.48. The van der Waals surface area contributed by atoms with Crippen molar-refractivity contribution in [3.63, 3.8) is 0 Å². The predicted molar refractivity (Wildman–Crippen MR) is 63.2 cm³/mol. The maximum atomic E-state index is 9.38. The summed E-state index contributed by atoms with van der Waals surface area (Å²) in [5, 5.41) is 17.2. The highest BCUT2D eigenvalue weighted by Crippen LogP contribution is 2.17. The van der Waals surface area contributed by atoms with Crippen molar-refractivity contribution in [1.29, 1.82) is 0 Å². The normalized spacial score (nSPS) is 12.4. The quantitative estimate of drug-likeness (QED) is 0.873. The van der Waals surface area contributed by atoms with E-state index in [-0.39, 0.29) is 0 Å². The molecule has 0 aliphatic heterocycles. The van der Waals surface area contributed by atoms with E-state index < -0.39 is 6.10 Å².